The van der Waals surface area contributed by atoms with E-state index in [0.717, 1.165) is 0 Å². The summed E-state index contributed by atoms with van der Waals surface area (Å²) in [5.41, 5.74) is 0.673. The molecule has 1 aromatic carbocycles. The molecule has 1 aromatic rings. The number of carboxylic acid groups (broad SMARTS) is 1. The molecule has 16 heavy (non-hydrogen) atoms. The third-order valence-corrected chi connectivity index (χ3v) is 2.22. The molecule has 0 aromatic heterocycles. The number of fused-ring (bicyclic) bond motifs is 1. The number of aromatic carboxylic acids is 1. The van der Waals surface area contributed by atoms with Crippen LogP contribution in [-0.2, 0) is 6.54 Å². The molecule has 0 aliphatic carbocycles. The Morgan fingerprint density at radius 3 is 2.94 bits per heavy atom. The molecule has 0 saturated heterocycles. The van der Waals surface area contributed by atoms with Crippen molar-refractivity contribution in [2.45, 2.75) is 6.54 Å². The molecule has 6 heteroatoms. The number of amides is 1. The zero-order valence-electron chi connectivity index (χ0n) is 8.44. The summed E-state index contributed by atoms with van der Waals surface area (Å²) in [6, 6.07) is 2.76. The second-order valence-electron chi connectivity index (χ2n) is 3.21. The smallest absolute Gasteiger partial charge is 0.413 e. The van der Waals surface area contributed by atoms with E-state index in [1.54, 1.807) is 0 Å². The maximum Gasteiger partial charge on any atom is 0.413 e. The number of ether oxygens (including phenoxy) is 2. The molecule has 0 unspecified atom stereocenters. The largest absolute Gasteiger partial charge is 0.493 e. The van der Waals surface area contributed by atoms with Crippen molar-refractivity contribution in [3.8, 4) is 11.5 Å². The van der Waals surface area contributed by atoms with Crippen molar-refractivity contribution in [3.63, 3.8) is 0 Å². The number of carboxylic acids is 1. The van der Waals surface area contributed by atoms with Gasteiger partial charge in [-0.05, 0) is 12.1 Å². The molecule has 0 bridgehead atoms. The summed E-state index contributed by atoms with van der Waals surface area (Å²) in [4.78, 5) is 21.8. The molecule has 84 valence electrons. The number of benzene rings is 1. The minimum absolute atomic E-state index is 0.0929. The van der Waals surface area contributed by atoms with Crippen molar-refractivity contribution in [2.75, 3.05) is 7.11 Å². The van der Waals surface area contributed by atoms with E-state index in [0.29, 0.717) is 5.56 Å². The Morgan fingerprint density at radius 2 is 2.31 bits per heavy atom. The molecular formula is C10H9NO5. The zero-order valence-corrected chi connectivity index (χ0v) is 8.44. The molecule has 0 atom stereocenters. The molecule has 0 radical (unpaired) electrons. The molecule has 6 nitrogen and oxygen atoms in total. The van der Waals surface area contributed by atoms with Gasteiger partial charge in [0.1, 0.15) is 0 Å². The van der Waals surface area contributed by atoms with Crippen LogP contribution >= 0.6 is 0 Å². The molecule has 1 heterocycles. The van der Waals surface area contributed by atoms with E-state index in [1.165, 1.54) is 19.2 Å². The average molecular weight is 223 g/mol. The summed E-state index contributed by atoms with van der Waals surface area (Å²) in [6.45, 7) is 0.228. The minimum atomic E-state index is -1.06. The Hall–Kier alpha value is -2.24. The summed E-state index contributed by atoms with van der Waals surface area (Å²) in [6.07, 6.45) is -0.575. The molecule has 0 spiro atoms. The second kappa shape index (κ2) is 3.73. The van der Waals surface area contributed by atoms with Gasteiger partial charge in [0.2, 0.25) is 0 Å². The van der Waals surface area contributed by atoms with Crippen LogP contribution in [0.2, 0.25) is 0 Å². The molecule has 1 aliphatic heterocycles. The summed E-state index contributed by atoms with van der Waals surface area (Å²) in [7, 11) is 1.39. The highest BCUT2D eigenvalue weighted by Gasteiger charge is 2.22. The first-order valence-corrected chi connectivity index (χ1v) is 4.51. The Bertz CT molecular complexity index is 451. The lowest BCUT2D eigenvalue weighted by atomic mass is 10.1. The van der Waals surface area contributed by atoms with Crippen LogP contribution in [0.1, 0.15) is 15.9 Å². The number of carbonyl (C=O) groups is 2. The van der Waals surface area contributed by atoms with Crippen LogP contribution in [0.5, 0.6) is 11.5 Å². The molecular weight excluding hydrogens is 214 g/mol. The maximum atomic E-state index is 11.0. The maximum absolute atomic E-state index is 11.0. The fraction of sp³-hybridized carbons (Fsp3) is 0.200. The quantitative estimate of drug-likeness (QED) is 0.781. The first-order chi connectivity index (χ1) is 7.61. The highest BCUT2D eigenvalue weighted by atomic mass is 16.6. The number of methoxy groups -OCH3 is 1. The van der Waals surface area contributed by atoms with E-state index < -0.39 is 12.1 Å². The predicted molar refractivity (Wildman–Crippen MR) is 52.8 cm³/mol. The number of hydrogen-bond acceptors (Lipinski definition) is 4. The van der Waals surface area contributed by atoms with Gasteiger partial charge in [0.05, 0.1) is 12.7 Å². The third-order valence-electron chi connectivity index (χ3n) is 2.22. The molecule has 2 N–H and O–H groups in total. The van der Waals surface area contributed by atoms with Gasteiger partial charge in [-0.25, -0.2) is 9.59 Å². The van der Waals surface area contributed by atoms with Gasteiger partial charge in [-0.15, -0.1) is 0 Å². The van der Waals surface area contributed by atoms with Gasteiger partial charge in [0, 0.05) is 12.1 Å². The number of rotatable bonds is 2. The lowest BCUT2D eigenvalue weighted by molar-refractivity contribution is 0.0696. The SMILES string of the molecule is COc1cc(C(=O)O)cc2c1OC(=O)NC2. The van der Waals surface area contributed by atoms with E-state index in [1.807, 2.05) is 0 Å². The van der Waals surface area contributed by atoms with Crippen molar-refractivity contribution in [3.05, 3.63) is 23.3 Å². The fourth-order valence-electron chi connectivity index (χ4n) is 1.48. The Kier molecular flexibility index (Phi) is 2.40. The molecule has 1 amide bonds. The van der Waals surface area contributed by atoms with Gasteiger partial charge in [-0.3, -0.25) is 0 Å². The Balaban J connectivity index is 2.54. The lowest BCUT2D eigenvalue weighted by Crippen LogP contribution is -2.31. The van der Waals surface area contributed by atoms with Crippen LogP contribution in [0.3, 0.4) is 0 Å². The average Bonchev–Trinajstić information content (AvgIpc) is 2.27. The summed E-state index contributed by atoms with van der Waals surface area (Å²) >= 11 is 0. The molecule has 0 saturated carbocycles. The van der Waals surface area contributed by atoms with Crippen molar-refractivity contribution >= 4 is 12.1 Å². The van der Waals surface area contributed by atoms with Gasteiger partial charge in [0.15, 0.2) is 11.5 Å². The predicted octanol–water partition coefficient (Wildman–Crippen LogP) is 0.995. The van der Waals surface area contributed by atoms with Crippen LogP contribution in [0.15, 0.2) is 12.1 Å². The topological polar surface area (TPSA) is 84.9 Å². The lowest BCUT2D eigenvalue weighted by Gasteiger charge is -2.19. The first kappa shape index (κ1) is 10.3. The van der Waals surface area contributed by atoms with E-state index in [9.17, 15) is 9.59 Å². The van der Waals surface area contributed by atoms with Crippen LogP contribution in [-0.4, -0.2) is 24.3 Å². The van der Waals surface area contributed by atoms with Crippen molar-refractivity contribution in [1.82, 2.24) is 5.32 Å². The van der Waals surface area contributed by atoms with E-state index in [2.05, 4.69) is 5.32 Å². The highest BCUT2D eigenvalue weighted by Crippen LogP contribution is 2.34. The van der Waals surface area contributed by atoms with Crippen molar-refractivity contribution < 1.29 is 24.2 Å². The summed E-state index contributed by atoms with van der Waals surface area (Å²) in [5, 5.41) is 11.3. The van der Waals surface area contributed by atoms with Crippen LogP contribution in [0.25, 0.3) is 0 Å². The first-order valence-electron chi connectivity index (χ1n) is 4.51. The molecule has 2 rings (SSSR count). The van der Waals surface area contributed by atoms with Crippen molar-refractivity contribution in [2.24, 2.45) is 0 Å². The number of carbonyl (C=O) groups excluding carboxylic acids is 1. The molecule has 0 fully saturated rings. The zero-order chi connectivity index (χ0) is 11.7. The van der Waals surface area contributed by atoms with Crippen LogP contribution in [0, 0.1) is 0 Å². The van der Waals surface area contributed by atoms with Crippen molar-refractivity contribution in [1.29, 1.82) is 0 Å². The minimum Gasteiger partial charge on any atom is -0.493 e. The second-order valence-corrected chi connectivity index (χ2v) is 3.21. The third kappa shape index (κ3) is 1.65. The normalized spacial score (nSPS) is 13.4. The Labute approximate surface area is 90.8 Å². The van der Waals surface area contributed by atoms with Gasteiger partial charge < -0.3 is 19.9 Å². The Morgan fingerprint density at radius 1 is 1.56 bits per heavy atom. The molecule has 1 aliphatic rings. The standard InChI is InChI=1S/C10H9NO5/c1-15-7-3-5(9(12)13)2-6-4-11-10(14)16-8(6)7/h2-3H,4H2,1H3,(H,11,14)(H,12,13). The van der Waals surface area contributed by atoms with Crippen LogP contribution in [0.4, 0.5) is 4.79 Å². The fourth-order valence-corrected chi connectivity index (χ4v) is 1.48. The van der Waals surface area contributed by atoms with E-state index >= 15 is 0 Å². The summed E-state index contributed by atoms with van der Waals surface area (Å²) < 4.78 is 9.90. The van der Waals surface area contributed by atoms with Gasteiger partial charge in [-0.1, -0.05) is 0 Å². The number of nitrogens with one attached hydrogen (secondary N) is 1. The van der Waals surface area contributed by atoms with Gasteiger partial charge in [0.25, 0.3) is 0 Å². The van der Waals surface area contributed by atoms with Gasteiger partial charge >= 0.3 is 12.1 Å². The van der Waals surface area contributed by atoms with Gasteiger partial charge in [-0.2, -0.15) is 0 Å². The summed E-state index contributed by atoms with van der Waals surface area (Å²) in [5.74, 6) is -0.543. The van der Waals surface area contributed by atoms with E-state index in [-0.39, 0.29) is 23.6 Å². The van der Waals surface area contributed by atoms with E-state index in [4.69, 9.17) is 14.6 Å². The number of hydrogen-bond donors (Lipinski definition) is 2. The van der Waals surface area contributed by atoms with Crippen LogP contribution < -0.4 is 14.8 Å². The highest BCUT2D eigenvalue weighted by molar-refractivity contribution is 5.89. The monoisotopic (exact) mass is 223 g/mol.